The van der Waals surface area contributed by atoms with Crippen molar-refractivity contribution >= 4 is 22.8 Å². The zero-order chi connectivity index (χ0) is 18.0. The Morgan fingerprint density at radius 1 is 1.20 bits per heavy atom. The number of benzene rings is 1. The Labute approximate surface area is 145 Å². The summed E-state index contributed by atoms with van der Waals surface area (Å²) in [6.07, 6.45) is 0. The number of carbonyl (C=O) groups excluding carboxylic acids is 1. The molecule has 7 nitrogen and oxygen atoms in total. The maximum Gasteiger partial charge on any atom is 0.343 e. The van der Waals surface area contributed by atoms with Crippen LogP contribution in [-0.4, -0.2) is 46.0 Å². The molecule has 1 fully saturated rings. The van der Waals surface area contributed by atoms with Gasteiger partial charge >= 0.3 is 5.97 Å². The highest BCUT2D eigenvalue weighted by Gasteiger charge is 2.21. The van der Waals surface area contributed by atoms with Gasteiger partial charge in [-0.15, -0.1) is 0 Å². The number of ether oxygens (including phenoxy) is 3. The second kappa shape index (κ2) is 7.14. The molecule has 1 aromatic heterocycles. The van der Waals surface area contributed by atoms with Crippen LogP contribution in [0.4, 0.5) is 5.88 Å². The third kappa shape index (κ3) is 3.32. The van der Waals surface area contributed by atoms with Crippen LogP contribution in [0.3, 0.4) is 0 Å². The lowest BCUT2D eigenvalue weighted by Crippen LogP contribution is -2.37. The molecule has 1 aromatic carbocycles. The number of anilines is 1. The summed E-state index contributed by atoms with van der Waals surface area (Å²) in [6, 6.07) is 3.34. The molecule has 0 spiro atoms. The highest BCUT2D eigenvalue weighted by atomic mass is 16.6. The molecule has 0 N–H and O–H groups in total. The maximum atomic E-state index is 12.7. The van der Waals surface area contributed by atoms with Gasteiger partial charge in [0.1, 0.15) is 11.3 Å². The van der Waals surface area contributed by atoms with Gasteiger partial charge in [-0.25, -0.2) is 4.79 Å². The monoisotopic (exact) mass is 347 g/mol. The largest absolute Gasteiger partial charge is 0.481 e. The van der Waals surface area contributed by atoms with E-state index in [9.17, 15) is 9.59 Å². The summed E-state index contributed by atoms with van der Waals surface area (Å²) in [6.45, 7) is 5.92. The number of esters is 1. The van der Waals surface area contributed by atoms with Crippen LogP contribution < -0.4 is 15.1 Å². The molecule has 0 radical (unpaired) electrons. The smallest absolute Gasteiger partial charge is 0.343 e. The summed E-state index contributed by atoms with van der Waals surface area (Å²) in [5.41, 5.74) is 1.66. The Hall–Kier alpha value is -2.54. The predicted molar refractivity (Wildman–Crippen MR) is 92.5 cm³/mol. The summed E-state index contributed by atoms with van der Waals surface area (Å²) >= 11 is 0. The van der Waals surface area contributed by atoms with Gasteiger partial charge in [-0.3, -0.25) is 4.79 Å². The number of hydrogen-bond donors (Lipinski definition) is 0. The van der Waals surface area contributed by atoms with Gasteiger partial charge < -0.3 is 23.5 Å². The van der Waals surface area contributed by atoms with Crippen LogP contribution in [0.25, 0.3) is 11.0 Å². The highest BCUT2D eigenvalue weighted by Crippen LogP contribution is 2.30. The first-order valence-electron chi connectivity index (χ1n) is 8.12. The fourth-order valence-electron chi connectivity index (χ4n) is 2.88. The average molecular weight is 347 g/mol. The van der Waals surface area contributed by atoms with Gasteiger partial charge in [0.25, 0.3) is 0 Å². The molecule has 0 unspecified atom stereocenters. The third-order valence-corrected chi connectivity index (χ3v) is 4.33. The van der Waals surface area contributed by atoms with E-state index in [0.717, 1.165) is 0 Å². The van der Waals surface area contributed by atoms with E-state index in [4.69, 9.17) is 13.9 Å². The highest BCUT2D eigenvalue weighted by molar-refractivity contribution is 5.84. The topological polar surface area (TPSA) is 78.2 Å². The van der Waals surface area contributed by atoms with Crippen molar-refractivity contribution in [1.82, 2.24) is 0 Å². The summed E-state index contributed by atoms with van der Waals surface area (Å²) in [5, 5.41) is 0.498. The van der Waals surface area contributed by atoms with Crippen LogP contribution in [0.5, 0.6) is 5.75 Å². The van der Waals surface area contributed by atoms with Crippen molar-refractivity contribution in [3.05, 3.63) is 33.5 Å². The average Bonchev–Trinajstić information content (AvgIpc) is 2.64. The van der Waals surface area contributed by atoms with E-state index in [1.165, 1.54) is 7.11 Å². The zero-order valence-corrected chi connectivity index (χ0v) is 14.6. The minimum absolute atomic E-state index is 0.0645. The van der Waals surface area contributed by atoms with Crippen molar-refractivity contribution in [2.75, 3.05) is 44.9 Å². The molecule has 0 amide bonds. The standard InChI is InChI=1S/C18H21NO6/c1-11-14(24-10-15(20)22-3)5-4-13-16(21)12(2)18(25-17(11)13)19-6-8-23-9-7-19/h4-5H,6-10H2,1-3H3. The Morgan fingerprint density at radius 3 is 2.60 bits per heavy atom. The molecule has 2 aromatic rings. The molecule has 25 heavy (non-hydrogen) atoms. The van der Waals surface area contributed by atoms with Crippen LogP contribution in [-0.2, 0) is 14.3 Å². The molecule has 3 rings (SSSR count). The summed E-state index contributed by atoms with van der Waals surface area (Å²) in [4.78, 5) is 26.0. The van der Waals surface area contributed by atoms with Crippen LogP contribution in [0.1, 0.15) is 11.1 Å². The lowest BCUT2D eigenvalue weighted by Gasteiger charge is -2.28. The first-order chi connectivity index (χ1) is 12.0. The molecule has 7 heteroatoms. The molecule has 134 valence electrons. The molecule has 1 aliphatic rings. The van der Waals surface area contributed by atoms with Crippen molar-refractivity contribution in [1.29, 1.82) is 0 Å². The van der Waals surface area contributed by atoms with E-state index in [-0.39, 0.29) is 12.0 Å². The Bertz CT molecular complexity index is 851. The zero-order valence-electron chi connectivity index (χ0n) is 14.6. The van der Waals surface area contributed by atoms with Crippen molar-refractivity contribution < 1.29 is 23.4 Å². The summed E-state index contributed by atoms with van der Waals surface area (Å²) < 4.78 is 21.5. The lowest BCUT2D eigenvalue weighted by molar-refractivity contribution is -0.142. The van der Waals surface area contributed by atoms with Crippen molar-refractivity contribution in [2.45, 2.75) is 13.8 Å². The number of aryl methyl sites for hydroxylation is 1. The Morgan fingerprint density at radius 2 is 1.92 bits per heavy atom. The molecule has 0 bridgehead atoms. The van der Waals surface area contributed by atoms with Crippen LogP contribution in [0, 0.1) is 13.8 Å². The number of rotatable bonds is 4. The van der Waals surface area contributed by atoms with E-state index in [2.05, 4.69) is 4.74 Å². The van der Waals surface area contributed by atoms with Gasteiger partial charge in [0.05, 0.1) is 31.3 Å². The van der Waals surface area contributed by atoms with Gasteiger partial charge in [0.15, 0.2) is 12.0 Å². The molecular weight excluding hydrogens is 326 g/mol. The van der Waals surface area contributed by atoms with Gasteiger partial charge in [0.2, 0.25) is 5.88 Å². The summed E-state index contributed by atoms with van der Waals surface area (Å²) in [5.74, 6) is 0.575. The Balaban J connectivity index is 2.05. The Kier molecular flexibility index (Phi) is 4.94. The van der Waals surface area contributed by atoms with E-state index in [1.54, 1.807) is 26.0 Å². The van der Waals surface area contributed by atoms with E-state index >= 15 is 0 Å². The molecular formula is C18H21NO6. The predicted octanol–water partition coefficient (Wildman–Crippen LogP) is 1.80. The lowest BCUT2D eigenvalue weighted by atomic mass is 10.1. The second-order valence-corrected chi connectivity index (χ2v) is 5.89. The van der Waals surface area contributed by atoms with Crippen molar-refractivity contribution in [3.8, 4) is 5.75 Å². The maximum absolute atomic E-state index is 12.7. The van der Waals surface area contributed by atoms with Crippen LogP contribution in [0.2, 0.25) is 0 Å². The second-order valence-electron chi connectivity index (χ2n) is 5.89. The van der Waals surface area contributed by atoms with E-state index in [0.29, 0.717) is 60.0 Å². The van der Waals surface area contributed by atoms with Gasteiger partial charge in [-0.05, 0) is 26.0 Å². The SMILES string of the molecule is COC(=O)COc1ccc2c(=O)c(C)c(N3CCOCC3)oc2c1C. The molecule has 0 aliphatic carbocycles. The van der Waals surface area contributed by atoms with Gasteiger partial charge in [-0.1, -0.05) is 0 Å². The van der Waals surface area contributed by atoms with E-state index in [1.807, 2.05) is 4.90 Å². The minimum Gasteiger partial charge on any atom is -0.481 e. The number of fused-ring (bicyclic) bond motifs is 1. The molecule has 1 saturated heterocycles. The number of carbonyl (C=O) groups is 1. The van der Waals surface area contributed by atoms with Crippen LogP contribution in [0.15, 0.2) is 21.3 Å². The number of methoxy groups -OCH3 is 1. The fraction of sp³-hybridized carbons (Fsp3) is 0.444. The normalized spacial score (nSPS) is 14.6. The molecule has 0 saturated carbocycles. The number of hydrogen-bond acceptors (Lipinski definition) is 7. The first-order valence-corrected chi connectivity index (χ1v) is 8.12. The summed E-state index contributed by atoms with van der Waals surface area (Å²) in [7, 11) is 1.30. The minimum atomic E-state index is -0.473. The third-order valence-electron chi connectivity index (χ3n) is 4.33. The van der Waals surface area contributed by atoms with Gasteiger partial charge in [0, 0.05) is 18.7 Å². The van der Waals surface area contributed by atoms with Crippen molar-refractivity contribution in [2.24, 2.45) is 0 Å². The molecule has 2 heterocycles. The van der Waals surface area contributed by atoms with E-state index < -0.39 is 5.97 Å². The first kappa shape index (κ1) is 17.3. The quantitative estimate of drug-likeness (QED) is 0.780. The van der Waals surface area contributed by atoms with Crippen molar-refractivity contribution in [3.63, 3.8) is 0 Å². The number of nitrogens with zero attached hydrogens (tertiary/aromatic N) is 1. The fourth-order valence-corrected chi connectivity index (χ4v) is 2.88. The molecule has 0 atom stereocenters. The number of morpholine rings is 1. The molecule has 1 aliphatic heterocycles. The van der Waals surface area contributed by atoms with Crippen LogP contribution >= 0.6 is 0 Å². The van der Waals surface area contributed by atoms with Gasteiger partial charge in [-0.2, -0.15) is 0 Å².